The third kappa shape index (κ3) is 1.50. The summed E-state index contributed by atoms with van der Waals surface area (Å²) in [6.45, 7) is 6.38. The van der Waals surface area contributed by atoms with Crippen LogP contribution < -0.4 is 0 Å². The molecule has 76 valence electrons. The maximum atomic E-state index is 5.48. The molecule has 0 aliphatic rings. The minimum Gasteiger partial charge on any atom is -0.312 e. The van der Waals surface area contributed by atoms with Gasteiger partial charge in [-0.2, -0.15) is 0 Å². The van der Waals surface area contributed by atoms with Gasteiger partial charge in [-0.25, -0.2) is 4.98 Å². The number of benzene rings is 1. The van der Waals surface area contributed by atoms with Crippen LogP contribution in [0.25, 0.3) is 11.0 Å². The van der Waals surface area contributed by atoms with Crippen LogP contribution in [0.15, 0.2) is 24.3 Å². The van der Waals surface area contributed by atoms with Crippen molar-refractivity contribution < 1.29 is 0 Å². The highest BCUT2D eigenvalue weighted by Gasteiger charge is 2.19. The quantitative estimate of drug-likeness (QED) is 0.595. The summed E-state index contributed by atoms with van der Waals surface area (Å²) >= 11 is 0. The third-order valence-electron chi connectivity index (χ3n) is 2.36. The van der Waals surface area contributed by atoms with Crippen LogP contribution in [0.1, 0.15) is 26.6 Å². The molecular weight excluding hydrogens is 184 g/mol. The second-order valence-corrected chi connectivity index (χ2v) is 4.57. The number of fused-ring (bicyclic) bond motifs is 1. The molecule has 0 saturated heterocycles. The molecule has 1 aromatic heterocycles. The predicted molar refractivity (Wildman–Crippen MR) is 62.7 cm³/mol. The topological polar surface area (TPSA) is 17.8 Å². The third-order valence-corrected chi connectivity index (χ3v) is 2.36. The molecule has 0 aliphatic heterocycles. The van der Waals surface area contributed by atoms with Crippen molar-refractivity contribution in [3.8, 4) is 12.3 Å². The molecule has 0 spiro atoms. The van der Waals surface area contributed by atoms with Crippen molar-refractivity contribution in [3.05, 3.63) is 30.1 Å². The van der Waals surface area contributed by atoms with Crippen LogP contribution >= 0.6 is 0 Å². The van der Waals surface area contributed by atoms with E-state index in [0.717, 1.165) is 11.0 Å². The van der Waals surface area contributed by atoms with E-state index in [0.29, 0.717) is 5.82 Å². The van der Waals surface area contributed by atoms with Crippen molar-refractivity contribution in [2.45, 2.75) is 26.3 Å². The first-order chi connectivity index (χ1) is 7.04. The minimum absolute atomic E-state index is 0.0438. The zero-order valence-corrected chi connectivity index (χ0v) is 9.28. The molecule has 0 fully saturated rings. The Morgan fingerprint density at radius 1 is 1.27 bits per heavy atom. The van der Waals surface area contributed by atoms with Gasteiger partial charge in [0.2, 0.25) is 0 Å². The van der Waals surface area contributed by atoms with Crippen molar-refractivity contribution in [1.82, 2.24) is 9.55 Å². The smallest absolute Gasteiger partial charge is 0.186 e. The van der Waals surface area contributed by atoms with Crippen molar-refractivity contribution in [2.24, 2.45) is 0 Å². The Labute approximate surface area is 89.9 Å². The lowest BCUT2D eigenvalue weighted by molar-refractivity contribution is 0.405. The second-order valence-electron chi connectivity index (χ2n) is 4.57. The van der Waals surface area contributed by atoms with E-state index in [4.69, 9.17) is 6.42 Å². The Balaban J connectivity index is 2.86. The Morgan fingerprint density at radius 2 is 1.93 bits per heavy atom. The first kappa shape index (κ1) is 9.79. The van der Waals surface area contributed by atoms with Crippen molar-refractivity contribution in [3.63, 3.8) is 0 Å². The van der Waals surface area contributed by atoms with E-state index in [9.17, 15) is 0 Å². The van der Waals surface area contributed by atoms with Crippen molar-refractivity contribution in [2.75, 3.05) is 0 Å². The first-order valence-corrected chi connectivity index (χ1v) is 4.98. The van der Waals surface area contributed by atoms with Gasteiger partial charge < -0.3 is 4.57 Å². The van der Waals surface area contributed by atoms with E-state index in [2.05, 4.69) is 42.3 Å². The van der Waals surface area contributed by atoms with Gasteiger partial charge in [-0.05, 0) is 38.8 Å². The summed E-state index contributed by atoms with van der Waals surface area (Å²) in [6.07, 6.45) is 5.48. The molecule has 2 aromatic rings. The Morgan fingerprint density at radius 3 is 2.53 bits per heavy atom. The van der Waals surface area contributed by atoms with Crippen LogP contribution in [0.3, 0.4) is 0 Å². The predicted octanol–water partition coefficient (Wildman–Crippen LogP) is 2.77. The van der Waals surface area contributed by atoms with Gasteiger partial charge >= 0.3 is 0 Å². The number of para-hydroxylation sites is 2. The average Bonchev–Trinajstić information content (AvgIpc) is 2.54. The van der Waals surface area contributed by atoms with E-state index in [1.165, 1.54) is 0 Å². The molecule has 2 nitrogen and oxygen atoms in total. The number of hydrogen-bond donors (Lipinski definition) is 0. The molecule has 1 heterocycles. The summed E-state index contributed by atoms with van der Waals surface area (Å²) in [5.74, 6) is 3.34. The lowest BCUT2D eigenvalue weighted by Gasteiger charge is -2.23. The highest BCUT2D eigenvalue weighted by Crippen LogP contribution is 2.24. The van der Waals surface area contributed by atoms with E-state index < -0.39 is 0 Å². The molecule has 2 rings (SSSR count). The molecule has 0 atom stereocenters. The molecular formula is C13H14N2. The van der Waals surface area contributed by atoms with Crippen LogP contribution in [0.4, 0.5) is 0 Å². The molecule has 2 heteroatoms. The standard InChI is InChI=1S/C13H14N2/c1-5-12-14-10-8-6-7-9-11(10)15(12)13(2,3)4/h1,6-9H,2-4H3. The Kier molecular flexibility index (Phi) is 2.04. The van der Waals surface area contributed by atoms with Crippen LogP contribution in [-0.2, 0) is 5.54 Å². The lowest BCUT2D eigenvalue weighted by atomic mass is 10.1. The number of rotatable bonds is 0. The highest BCUT2D eigenvalue weighted by atomic mass is 15.1. The van der Waals surface area contributed by atoms with E-state index in [1.54, 1.807) is 0 Å². The monoisotopic (exact) mass is 198 g/mol. The number of terminal acetylenes is 1. The molecule has 0 N–H and O–H groups in total. The fourth-order valence-electron chi connectivity index (χ4n) is 1.80. The van der Waals surface area contributed by atoms with Gasteiger partial charge in [-0.1, -0.05) is 12.1 Å². The highest BCUT2D eigenvalue weighted by molar-refractivity contribution is 5.77. The summed E-state index contributed by atoms with van der Waals surface area (Å²) in [5, 5.41) is 0. The molecule has 0 radical (unpaired) electrons. The molecule has 0 amide bonds. The summed E-state index contributed by atoms with van der Waals surface area (Å²) in [5.41, 5.74) is 2.01. The molecule has 1 aromatic carbocycles. The van der Waals surface area contributed by atoms with Crippen molar-refractivity contribution in [1.29, 1.82) is 0 Å². The first-order valence-electron chi connectivity index (χ1n) is 4.98. The summed E-state index contributed by atoms with van der Waals surface area (Å²) in [6, 6.07) is 8.02. The SMILES string of the molecule is C#Cc1nc2ccccc2n1C(C)(C)C. The van der Waals surface area contributed by atoms with Gasteiger partial charge in [-0.3, -0.25) is 0 Å². The fraction of sp³-hybridized carbons (Fsp3) is 0.308. The lowest BCUT2D eigenvalue weighted by Crippen LogP contribution is -2.23. The van der Waals surface area contributed by atoms with Gasteiger partial charge in [0.1, 0.15) is 0 Å². The van der Waals surface area contributed by atoms with Crippen LogP contribution in [0, 0.1) is 12.3 Å². The fourth-order valence-corrected chi connectivity index (χ4v) is 1.80. The van der Waals surface area contributed by atoms with Crippen LogP contribution in [0.5, 0.6) is 0 Å². The Bertz CT molecular complexity index is 536. The van der Waals surface area contributed by atoms with E-state index in [-0.39, 0.29) is 5.54 Å². The largest absolute Gasteiger partial charge is 0.312 e. The molecule has 15 heavy (non-hydrogen) atoms. The molecule has 0 unspecified atom stereocenters. The van der Waals surface area contributed by atoms with E-state index >= 15 is 0 Å². The maximum absolute atomic E-state index is 5.48. The summed E-state index contributed by atoms with van der Waals surface area (Å²) < 4.78 is 2.10. The maximum Gasteiger partial charge on any atom is 0.186 e. The molecule has 0 aliphatic carbocycles. The number of nitrogens with zero attached hydrogens (tertiary/aromatic N) is 2. The number of aromatic nitrogens is 2. The number of imidazole rings is 1. The van der Waals surface area contributed by atoms with Crippen LogP contribution in [-0.4, -0.2) is 9.55 Å². The number of hydrogen-bond acceptors (Lipinski definition) is 1. The van der Waals surface area contributed by atoms with Gasteiger partial charge in [-0.15, -0.1) is 6.42 Å². The molecule has 0 bridgehead atoms. The van der Waals surface area contributed by atoms with Gasteiger partial charge in [0.25, 0.3) is 0 Å². The van der Waals surface area contributed by atoms with Crippen molar-refractivity contribution >= 4 is 11.0 Å². The van der Waals surface area contributed by atoms with Gasteiger partial charge in [0.15, 0.2) is 5.82 Å². The Hall–Kier alpha value is -1.75. The zero-order valence-electron chi connectivity index (χ0n) is 9.28. The minimum atomic E-state index is -0.0438. The average molecular weight is 198 g/mol. The van der Waals surface area contributed by atoms with E-state index in [1.807, 2.05) is 18.2 Å². The van der Waals surface area contributed by atoms with Gasteiger partial charge in [0, 0.05) is 5.54 Å². The zero-order chi connectivity index (χ0) is 11.1. The summed E-state index contributed by atoms with van der Waals surface area (Å²) in [4.78, 5) is 4.42. The van der Waals surface area contributed by atoms with Crippen LogP contribution in [0.2, 0.25) is 0 Å². The normalized spacial score (nSPS) is 11.6. The molecule has 0 saturated carbocycles. The van der Waals surface area contributed by atoms with Gasteiger partial charge in [0.05, 0.1) is 11.0 Å². The summed E-state index contributed by atoms with van der Waals surface area (Å²) in [7, 11) is 0. The second kappa shape index (κ2) is 3.13.